The molecule has 10 nitrogen and oxygen atoms in total. The van der Waals surface area contributed by atoms with E-state index < -0.39 is 0 Å². The Morgan fingerprint density at radius 2 is 0.965 bits per heavy atom. The number of hydrogen-bond acceptors (Lipinski definition) is 10. The number of hydrogen-bond donors (Lipinski definition) is 1. The molecule has 2 aromatic rings. The summed E-state index contributed by atoms with van der Waals surface area (Å²) in [5.74, 6) is 2.17. The Kier molecular flexibility index (Phi) is 14.5. The fourth-order valence-electron chi connectivity index (χ4n) is 10.9. The number of hydroxylamine groups is 4. The van der Waals surface area contributed by atoms with Gasteiger partial charge in [0.05, 0.1) is 12.2 Å². The number of anilines is 4. The normalized spacial score (nSPS) is 23.7. The Labute approximate surface area is 347 Å². The summed E-state index contributed by atoms with van der Waals surface area (Å²) in [4.78, 5) is 35.1. The fourth-order valence-corrected chi connectivity index (χ4v) is 10.9. The van der Waals surface area contributed by atoms with Crippen LogP contribution >= 0.6 is 0 Å². The van der Waals surface area contributed by atoms with Crippen LogP contribution in [-0.2, 0) is 9.68 Å². The van der Waals surface area contributed by atoms with Crippen molar-refractivity contribution in [3.63, 3.8) is 0 Å². The first-order valence-electron chi connectivity index (χ1n) is 23.2. The third-order valence-electron chi connectivity index (χ3n) is 13.3. The lowest BCUT2D eigenvalue weighted by Gasteiger charge is -2.57. The van der Waals surface area contributed by atoms with Crippen LogP contribution in [0.1, 0.15) is 185 Å². The molecule has 1 N–H and O–H groups in total. The number of aromatic nitrogens is 3. The molecule has 2 aliphatic heterocycles. The summed E-state index contributed by atoms with van der Waals surface area (Å²) in [6, 6.07) is 10.8. The molecule has 6 rings (SSSR count). The van der Waals surface area contributed by atoms with Gasteiger partial charge in [-0.2, -0.15) is 25.1 Å². The lowest BCUT2D eigenvalue weighted by molar-refractivity contribution is -0.310. The fraction of sp³-hybridized carbons (Fsp3) is 0.809. The minimum atomic E-state index is -0.159. The van der Waals surface area contributed by atoms with Crippen molar-refractivity contribution in [3.05, 3.63) is 30.3 Å². The van der Waals surface area contributed by atoms with Gasteiger partial charge in [0, 0.05) is 53.0 Å². The molecule has 4 fully saturated rings. The second-order valence-electron chi connectivity index (χ2n) is 20.5. The minimum absolute atomic E-state index is 0.159. The predicted molar refractivity (Wildman–Crippen MR) is 236 cm³/mol. The third kappa shape index (κ3) is 11.0. The van der Waals surface area contributed by atoms with E-state index in [0.717, 1.165) is 108 Å². The topological polar surface area (TPSA) is 82.1 Å². The molecule has 4 aliphatic rings. The zero-order valence-electron chi connectivity index (χ0n) is 37.8. The highest BCUT2D eigenvalue weighted by molar-refractivity contribution is 5.56. The summed E-state index contributed by atoms with van der Waals surface area (Å²) in [5.41, 5.74) is 0.341. The average molecular weight is 789 g/mol. The van der Waals surface area contributed by atoms with Gasteiger partial charge in [-0.3, -0.25) is 9.68 Å². The van der Waals surface area contributed by atoms with Crippen molar-refractivity contribution in [2.75, 3.05) is 28.2 Å². The number of unbranched alkanes of at least 4 members (excludes halogenated alkanes) is 2. The maximum absolute atomic E-state index is 6.95. The highest BCUT2D eigenvalue weighted by atomic mass is 16.7. The summed E-state index contributed by atoms with van der Waals surface area (Å²) >= 11 is 0. The van der Waals surface area contributed by atoms with Gasteiger partial charge >= 0.3 is 0 Å². The summed E-state index contributed by atoms with van der Waals surface area (Å²) in [6.45, 7) is 25.4. The van der Waals surface area contributed by atoms with Crippen LogP contribution in [0.5, 0.6) is 0 Å². The Morgan fingerprint density at radius 1 is 0.579 bits per heavy atom. The van der Waals surface area contributed by atoms with Gasteiger partial charge in [-0.1, -0.05) is 83.4 Å². The van der Waals surface area contributed by atoms with E-state index in [-0.39, 0.29) is 34.2 Å². The number of piperidine rings is 2. The van der Waals surface area contributed by atoms with Crippen LogP contribution in [-0.4, -0.2) is 84.6 Å². The van der Waals surface area contributed by atoms with Gasteiger partial charge in [-0.05, 0) is 132 Å². The molecule has 0 spiro atoms. The molecule has 1 aromatic heterocycles. The van der Waals surface area contributed by atoms with Crippen molar-refractivity contribution < 1.29 is 9.68 Å². The van der Waals surface area contributed by atoms with Crippen LogP contribution in [0.25, 0.3) is 0 Å². The van der Waals surface area contributed by atoms with Crippen LogP contribution in [0.3, 0.4) is 0 Å². The van der Waals surface area contributed by atoms with E-state index in [4.69, 9.17) is 24.6 Å². The molecule has 57 heavy (non-hydrogen) atoms. The summed E-state index contributed by atoms with van der Waals surface area (Å²) in [6.07, 6.45) is 21.2. The van der Waals surface area contributed by atoms with Gasteiger partial charge < -0.3 is 15.1 Å². The highest BCUT2D eigenvalue weighted by Gasteiger charge is 2.51. The number of nitrogens with one attached hydrogen (secondary N) is 1. The Bertz CT molecular complexity index is 1410. The number of rotatable bonds is 16. The van der Waals surface area contributed by atoms with Gasteiger partial charge in [-0.25, -0.2) is 0 Å². The van der Waals surface area contributed by atoms with Gasteiger partial charge in [-0.15, -0.1) is 0 Å². The third-order valence-corrected chi connectivity index (χ3v) is 13.3. The van der Waals surface area contributed by atoms with Crippen molar-refractivity contribution in [2.45, 2.75) is 231 Å². The molecule has 2 saturated carbocycles. The zero-order valence-corrected chi connectivity index (χ0v) is 37.8. The van der Waals surface area contributed by atoms with Gasteiger partial charge in [0.1, 0.15) is 0 Å². The molecule has 3 heterocycles. The SMILES string of the molecule is CCCCN(c1nc(Nc2ccccc2)nc(N(CCCC)C2CC(C)(C)N(OC3CCCCC3)C(C)(C)C2)n1)C1CC(C)(C)N(OC2CCCCC2)C(C)(C)C1. The predicted octanol–water partition coefficient (Wildman–Crippen LogP) is 11.4. The summed E-state index contributed by atoms with van der Waals surface area (Å²) < 4.78 is 0. The first-order chi connectivity index (χ1) is 27.1. The minimum Gasteiger partial charge on any atom is -0.337 e. The van der Waals surface area contributed by atoms with Gasteiger partial charge in [0.25, 0.3) is 0 Å². The summed E-state index contributed by atoms with van der Waals surface area (Å²) in [7, 11) is 0. The van der Waals surface area contributed by atoms with E-state index in [1.54, 1.807) is 0 Å². The second kappa shape index (κ2) is 18.8. The molecule has 2 saturated heterocycles. The number of para-hydroxylation sites is 1. The van der Waals surface area contributed by atoms with E-state index in [1.165, 1.54) is 38.5 Å². The van der Waals surface area contributed by atoms with Crippen molar-refractivity contribution in [2.24, 2.45) is 0 Å². The Balaban J connectivity index is 1.36. The number of benzene rings is 1. The van der Waals surface area contributed by atoms with E-state index in [1.807, 2.05) is 0 Å². The molecule has 0 atom stereocenters. The molecule has 0 bridgehead atoms. The largest absolute Gasteiger partial charge is 0.337 e. The average Bonchev–Trinajstić information content (AvgIpc) is 3.16. The highest BCUT2D eigenvalue weighted by Crippen LogP contribution is 2.45. The standard InChI is InChI=1S/C47H80N8O2/c1-11-13-30-52(37-32-44(3,4)54(45(5,6)33-37)56-39-26-20-16-21-27-39)42-49-41(48-36-24-18-15-19-25-36)50-43(51-42)53(31-14-12-2)38-34-46(7,8)55(47(9,10)35-38)57-40-28-22-17-23-29-40/h15,18-19,24-25,37-40H,11-14,16-17,20-23,26-35H2,1-10H3,(H,48,49,50,51). The van der Waals surface area contributed by atoms with Crippen molar-refractivity contribution in [3.8, 4) is 0 Å². The first kappa shape index (κ1) is 44.0. The summed E-state index contributed by atoms with van der Waals surface area (Å²) in [5, 5.41) is 8.37. The Morgan fingerprint density at radius 3 is 1.33 bits per heavy atom. The maximum atomic E-state index is 6.95. The van der Waals surface area contributed by atoms with Gasteiger partial charge in [0.15, 0.2) is 0 Å². The molecule has 0 radical (unpaired) electrons. The molecule has 0 unspecified atom stereocenters. The Hall–Kier alpha value is -2.53. The quantitative estimate of drug-likeness (QED) is 0.177. The van der Waals surface area contributed by atoms with E-state index in [0.29, 0.717) is 18.2 Å². The van der Waals surface area contributed by atoms with Crippen molar-refractivity contribution in [1.29, 1.82) is 0 Å². The van der Waals surface area contributed by atoms with Crippen molar-refractivity contribution in [1.82, 2.24) is 25.1 Å². The molecule has 10 heteroatoms. The molecule has 2 aliphatic carbocycles. The van der Waals surface area contributed by atoms with Crippen LogP contribution < -0.4 is 15.1 Å². The lowest BCUT2D eigenvalue weighted by Crippen LogP contribution is -2.65. The smallest absolute Gasteiger partial charge is 0.233 e. The van der Waals surface area contributed by atoms with E-state index in [9.17, 15) is 0 Å². The van der Waals surface area contributed by atoms with Crippen LogP contribution in [0.15, 0.2) is 30.3 Å². The zero-order chi connectivity index (χ0) is 40.8. The monoisotopic (exact) mass is 789 g/mol. The number of nitrogens with zero attached hydrogens (tertiary/aromatic N) is 7. The molecule has 1 aromatic carbocycles. The second-order valence-corrected chi connectivity index (χ2v) is 20.5. The molecular weight excluding hydrogens is 709 g/mol. The van der Waals surface area contributed by atoms with Crippen molar-refractivity contribution >= 4 is 23.5 Å². The van der Waals surface area contributed by atoms with Crippen LogP contribution in [0.2, 0.25) is 0 Å². The van der Waals surface area contributed by atoms with E-state index >= 15 is 0 Å². The molecule has 320 valence electrons. The maximum Gasteiger partial charge on any atom is 0.233 e. The first-order valence-corrected chi connectivity index (χ1v) is 23.2. The van der Waals surface area contributed by atoms with Crippen LogP contribution in [0.4, 0.5) is 23.5 Å². The van der Waals surface area contributed by atoms with Gasteiger partial charge in [0.2, 0.25) is 17.8 Å². The van der Waals surface area contributed by atoms with E-state index in [2.05, 4.69) is 125 Å². The van der Waals surface area contributed by atoms with Crippen LogP contribution in [0, 0.1) is 0 Å². The molecule has 0 amide bonds. The molecular formula is C47H80N8O2. The lowest BCUT2D eigenvalue weighted by atomic mass is 9.78.